The lowest BCUT2D eigenvalue weighted by atomic mass is 10.1. The molecule has 3 aromatic rings. The van der Waals surface area contributed by atoms with Gasteiger partial charge in [0.2, 0.25) is 11.8 Å². The second kappa shape index (κ2) is 12.9. The Morgan fingerprint density at radius 1 is 1.00 bits per heavy atom. The molecule has 2 aromatic heterocycles. The van der Waals surface area contributed by atoms with E-state index in [9.17, 15) is 14.4 Å². The zero-order chi connectivity index (χ0) is 26.1. The van der Waals surface area contributed by atoms with Crippen molar-refractivity contribution in [2.24, 2.45) is 0 Å². The van der Waals surface area contributed by atoms with Gasteiger partial charge in [0.1, 0.15) is 22.3 Å². The number of aryl methyl sites for hydroxylation is 2. The van der Waals surface area contributed by atoms with Gasteiger partial charge >= 0.3 is 0 Å². The number of para-hydroxylation sites is 1. The molecule has 0 fully saturated rings. The van der Waals surface area contributed by atoms with E-state index in [-0.39, 0.29) is 24.7 Å². The summed E-state index contributed by atoms with van der Waals surface area (Å²) in [5, 5.41) is 18.0. The number of thiazole rings is 1. The Balaban J connectivity index is 1.56. The third kappa shape index (κ3) is 7.97. The van der Waals surface area contributed by atoms with E-state index in [0.29, 0.717) is 57.4 Å². The number of nitrogens with zero attached hydrogens (tertiary/aromatic N) is 3. The standard InChI is InChI=1S/C23H26ClN7O4S/c1-13-7-6-8-15(24)21(13)30-22(34)16-12-25-23(36-16)29-18-11-17(26-14(2)27-18)28-19(32)9-4-3-5-10-20(33)31-35/h6-8,11-12,35H,3-5,9-10H2,1-2H3,(H,30,34)(H,31,33)(H2,25,26,27,28,29,32). The fourth-order valence-electron chi connectivity index (χ4n) is 3.22. The maximum atomic E-state index is 12.7. The number of benzene rings is 1. The largest absolute Gasteiger partial charge is 0.320 e. The number of halogens is 1. The molecule has 0 saturated carbocycles. The predicted molar refractivity (Wildman–Crippen MR) is 138 cm³/mol. The Morgan fingerprint density at radius 3 is 2.44 bits per heavy atom. The van der Waals surface area contributed by atoms with Crippen LogP contribution in [0.4, 0.5) is 22.5 Å². The van der Waals surface area contributed by atoms with E-state index >= 15 is 0 Å². The van der Waals surface area contributed by atoms with Crippen molar-refractivity contribution in [2.75, 3.05) is 16.0 Å². The Hall–Kier alpha value is -3.61. The van der Waals surface area contributed by atoms with E-state index < -0.39 is 5.91 Å². The van der Waals surface area contributed by atoms with Crippen LogP contribution in [0.2, 0.25) is 5.02 Å². The van der Waals surface area contributed by atoms with E-state index in [4.69, 9.17) is 16.8 Å². The third-order valence-corrected chi connectivity index (χ3v) is 6.19. The van der Waals surface area contributed by atoms with E-state index in [0.717, 1.165) is 16.9 Å². The molecule has 5 N–H and O–H groups in total. The summed E-state index contributed by atoms with van der Waals surface area (Å²) in [5.74, 6) is 0.192. The van der Waals surface area contributed by atoms with Gasteiger partial charge < -0.3 is 16.0 Å². The van der Waals surface area contributed by atoms with E-state index in [2.05, 4.69) is 30.9 Å². The molecule has 0 spiro atoms. The van der Waals surface area contributed by atoms with Crippen LogP contribution in [0.25, 0.3) is 0 Å². The molecule has 0 unspecified atom stereocenters. The molecule has 0 atom stereocenters. The van der Waals surface area contributed by atoms with Crippen molar-refractivity contribution in [2.45, 2.75) is 46.0 Å². The van der Waals surface area contributed by atoms with Crippen LogP contribution in [0, 0.1) is 13.8 Å². The monoisotopic (exact) mass is 531 g/mol. The summed E-state index contributed by atoms with van der Waals surface area (Å²) in [5.41, 5.74) is 2.98. The minimum absolute atomic E-state index is 0.206. The lowest BCUT2D eigenvalue weighted by Crippen LogP contribution is -2.17. The van der Waals surface area contributed by atoms with Crippen molar-refractivity contribution in [3.63, 3.8) is 0 Å². The molecule has 13 heteroatoms. The summed E-state index contributed by atoms with van der Waals surface area (Å²) >= 11 is 7.33. The Morgan fingerprint density at radius 2 is 1.72 bits per heavy atom. The van der Waals surface area contributed by atoms with Gasteiger partial charge in [-0.3, -0.25) is 19.6 Å². The lowest BCUT2D eigenvalue weighted by molar-refractivity contribution is -0.129. The number of unbranched alkanes of at least 4 members (excludes halogenated alkanes) is 2. The fraction of sp³-hybridized carbons (Fsp3) is 0.304. The Kier molecular flexibility index (Phi) is 9.68. The molecule has 0 bridgehead atoms. The molecule has 2 heterocycles. The molecule has 3 rings (SSSR count). The average molecular weight is 532 g/mol. The Bertz CT molecular complexity index is 1230. The SMILES string of the molecule is Cc1nc(NC(=O)CCCCCC(=O)NO)cc(Nc2ncc(C(=O)Nc3c(C)cccc3Cl)s2)n1. The van der Waals surface area contributed by atoms with Gasteiger partial charge in [-0.1, -0.05) is 41.5 Å². The maximum Gasteiger partial charge on any atom is 0.267 e. The molecular formula is C23H26ClN7O4S. The Labute approximate surface area is 216 Å². The van der Waals surface area contributed by atoms with Crippen LogP contribution in [-0.2, 0) is 9.59 Å². The van der Waals surface area contributed by atoms with Crippen LogP contribution >= 0.6 is 22.9 Å². The molecule has 36 heavy (non-hydrogen) atoms. The van der Waals surface area contributed by atoms with Crippen molar-refractivity contribution in [3.05, 3.63) is 51.7 Å². The molecule has 11 nitrogen and oxygen atoms in total. The highest BCUT2D eigenvalue weighted by molar-refractivity contribution is 7.17. The second-order valence-corrected chi connectivity index (χ2v) is 9.31. The molecular weight excluding hydrogens is 506 g/mol. The number of amides is 3. The highest BCUT2D eigenvalue weighted by atomic mass is 35.5. The summed E-state index contributed by atoms with van der Waals surface area (Å²) in [6.07, 6.45) is 3.77. The molecule has 3 amide bonds. The number of aromatic nitrogens is 3. The van der Waals surface area contributed by atoms with Crippen LogP contribution in [0.15, 0.2) is 30.5 Å². The molecule has 0 aliphatic rings. The summed E-state index contributed by atoms with van der Waals surface area (Å²) in [7, 11) is 0. The molecule has 0 aliphatic heterocycles. The number of hydrogen-bond acceptors (Lipinski definition) is 9. The van der Waals surface area contributed by atoms with Gasteiger partial charge in [-0.25, -0.2) is 20.4 Å². The van der Waals surface area contributed by atoms with Crippen LogP contribution in [-0.4, -0.2) is 37.9 Å². The minimum atomic E-state index is -0.445. The number of anilines is 4. The normalized spacial score (nSPS) is 10.6. The maximum absolute atomic E-state index is 12.7. The van der Waals surface area contributed by atoms with Gasteiger partial charge in [-0.2, -0.15) is 0 Å². The van der Waals surface area contributed by atoms with Crippen LogP contribution in [0.5, 0.6) is 0 Å². The first-order valence-corrected chi connectivity index (χ1v) is 12.3. The number of hydrogen-bond donors (Lipinski definition) is 5. The highest BCUT2D eigenvalue weighted by Gasteiger charge is 2.15. The molecule has 0 saturated heterocycles. The second-order valence-electron chi connectivity index (χ2n) is 7.87. The van der Waals surface area contributed by atoms with E-state index in [1.165, 1.54) is 6.20 Å². The summed E-state index contributed by atoms with van der Waals surface area (Å²) in [4.78, 5) is 49.1. The van der Waals surface area contributed by atoms with Crippen molar-refractivity contribution >= 4 is 63.1 Å². The molecule has 1 aromatic carbocycles. The van der Waals surface area contributed by atoms with Gasteiger partial charge in [-0.15, -0.1) is 0 Å². The number of hydroxylamine groups is 1. The van der Waals surface area contributed by atoms with Gasteiger partial charge in [0, 0.05) is 18.9 Å². The molecule has 190 valence electrons. The molecule has 0 radical (unpaired) electrons. The first-order chi connectivity index (χ1) is 17.2. The number of carbonyl (C=O) groups excluding carboxylic acids is 3. The number of rotatable bonds is 11. The van der Waals surface area contributed by atoms with Crippen molar-refractivity contribution in [3.8, 4) is 0 Å². The summed E-state index contributed by atoms with van der Waals surface area (Å²) in [6, 6.07) is 6.94. The quantitative estimate of drug-likeness (QED) is 0.136. The average Bonchev–Trinajstić information content (AvgIpc) is 3.29. The van der Waals surface area contributed by atoms with E-state index in [1.54, 1.807) is 24.5 Å². The molecule has 0 aliphatic carbocycles. The minimum Gasteiger partial charge on any atom is -0.320 e. The van der Waals surface area contributed by atoms with Crippen molar-refractivity contribution < 1.29 is 19.6 Å². The smallest absolute Gasteiger partial charge is 0.267 e. The van der Waals surface area contributed by atoms with Crippen molar-refractivity contribution in [1.29, 1.82) is 0 Å². The van der Waals surface area contributed by atoms with Gasteiger partial charge in [0.15, 0.2) is 5.13 Å². The highest BCUT2D eigenvalue weighted by Crippen LogP contribution is 2.28. The third-order valence-electron chi connectivity index (χ3n) is 4.96. The number of nitrogens with one attached hydrogen (secondary N) is 4. The lowest BCUT2D eigenvalue weighted by Gasteiger charge is -2.09. The van der Waals surface area contributed by atoms with Gasteiger partial charge in [0.05, 0.1) is 16.9 Å². The van der Waals surface area contributed by atoms with Crippen molar-refractivity contribution in [1.82, 2.24) is 20.4 Å². The van der Waals surface area contributed by atoms with E-state index in [1.807, 2.05) is 19.1 Å². The zero-order valence-corrected chi connectivity index (χ0v) is 21.3. The zero-order valence-electron chi connectivity index (χ0n) is 19.7. The van der Waals surface area contributed by atoms with Gasteiger partial charge in [0.25, 0.3) is 5.91 Å². The fourth-order valence-corrected chi connectivity index (χ4v) is 4.20. The van der Waals surface area contributed by atoms with Crippen LogP contribution in [0.3, 0.4) is 0 Å². The van der Waals surface area contributed by atoms with Crippen LogP contribution in [0.1, 0.15) is 53.2 Å². The number of carbonyl (C=O) groups is 3. The first kappa shape index (κ1) is 27.0. The predicted octanol–water partition coefficient (Wildman–Crippen LogP) is 4.59. The first-order valence-electron chi connectivity index (χ1n) is 11.1. The summed E-state index contributed by atoms with van der Waals surface area (Å²) < 4.78 is 0. The summed E-state index contributed by atoms with van der Waals surface area (Å²) in [6.45, 7) is 3.55. The van der Waals surface area contributed by atoms with Gasteiger partial charge in [-0.05, 0) is 38.3 Å². The topological polar surface area (TPSA) is 158 Å². The van der Waals surface area contributed by atoms with Crippen LogP contribution < -0.4 is 21.4 Å².